The molecule has 0 aliphatic carbocycles. The van der Waals surface area contributed by atoms with Crippen molar-refractivity contribution in [2.24, 2.45) is 0 Å². The number of benzene rings is 2. The van der Waals surface area contributed by atoms with E-state index in [9.17, 15) is 0 Å². The van der Waals surface area contributed by atoms with Crippen LogP contribution >= 0.6 is 0 Å². The molecule has 3 rings (SSSR count). The number of terminal acetylenes is 1. The van der Waals surface area contributed by atoms with Crippen LogP contribution in [0, 0.1) is 19.3 Å². The second-order valence-electron chi connectivity index (χ2n) is 5.70. The van der Waals surface area contributed by atoms with E-state index in [1.807, 2.05) is 51.1 Å². The van der Waals surface area contributed by atoms with E-state index in [4.69, 9.17) is 15.9 Å². The van der Waals surface area contributed by atoms with Crippen LogP contribution in [0.15, 0.2) is 36.7 Å². The van der Waals surface area contributed by atoms with Crippen molar-refractivity contribution < 1.29 is 9.47 Å². The zero-order chi connectivity index (χ0) is 18.5. The number of hydrogen-bond acceptors (Lipinski definition) is 5. The Morgan fingerprint density at radius 3 is 2.46 bits per heavy atom. The number of hydrogen-bond donors (Lipinski definition) is 1. The Morgan fingerprint density at radius 1 is 1.04 bits per heavy atom. The monoisotopic (exact) mass is 347 g/mol. The number of aryl methyl sites for hydroxylation is 1. The summed E-state index contributed by atoms with van der Waals surface area (Å²) in [6.07, 6.45) is 7.09. The number of ether oxygens (including phenoxy) is 2. The maximum Gasteiger partial charge on any atom is 0.163 e. The molecule has 5 nitrogen and oxygen atoms in total. The summed E-state index contributed by atoms with van der Waals surface area (Å²) in [7, 11) is 0. The normalized spacial score (nSPS) is 10.4. The van der Waals surface area contributed by atoms with Gasteiger partial charge in [-0.25, -0.2) is 9.97 Å². The number of nitrogens with zero attached hydrogens (tertiary/aromatic N) is 2. The predicted octanol–water partition coefficient (Wildman–Crippen LogP) is 4.46. The van der Waals surface area contributed by atoms with Crippen molar-refractivity contribution in [3.8, 4) is 23.8 Å². The predicted molar refractivity (Wildman–Crippen MR) is 104 cm³/mol. The van der Waals surface area contributed by atoms with Crippen LogP contribution in [-0.4, -0.2) is 23.2 Å². The molecular weight excluding hydrogens is 326 g/mol. The highest BCUT2D eigenvalue weighted by Crippen LogP contribution is 2.35. The molecule has 1 heterocycles. The van der Waals surface area contributed by atoms with E-state index in [0.29, 0.717) is 30.5 Å². The number of rotatable bonds is 6. The SMILES string of the molecule is C#Cc1cc(Nc2ncnc3cc(OCC)c(OCC)cc23)ccc1C. The zero-order valence-electron chi connectivity index (χ0n) is 15.2. The lowest BCUT2D eigenvalue weighted by atomic mass is 10.1. The van der Waals surface area contributed by atoms with Gasteiger partial charge in [0.2, 0.25) is 0 Å². The van der Waals surface area contributed by atoms with Gasteiger partial charge < -0.3 is 14.8 Å². The van der Waals surface area contributed by atoms with Gasteiger partial charge in [-0.1, -0.05) is 12.0 Å². The molecule has 0 aliphatic rings. The topological polar surface area (TPSA) is 56.3 Å². The van der Waals surface area contributed by atoms with Crippen molar-refractivity contribution >= 4 is 22.4 Å². The van der Waals surface area contributed by atoms with Gasteiger partial charge >= 0.3 is 0 Å². The summed E-state index contributed by atoms with van der Waals surface area (Å²) in [6.45, 7) is 6.97. The van der Waals surface area contributed by atoms with E-state index in [0.717, 1.165) is 27.7 Å². The number of fused-ring (bicyclic) bond motifs is 1. The summed E-state index contributed by atoms with van der Waals surface area (Å²) < 4.78 is 11.4. The third kappa shape index (κ3) is 3.55. The van der Waals surface area contributed by atoms with Crippen LogP contribution in [0.5, 0.6) is 11.5 Å². The van der Waals surface area contributed by atoms with Crippen molar-refractivity contribution in [3.63, 3.8) is 0 Å². The minimum Gasteiger partial charge on any atom is -0.490 e. The van der Waals surface area contributed by atoms with Crippen LogP contribution in [0.2, 0.25) is 0 Å². The average molecular weight is 347 g/mol. The van der Waals surface area contributed by atoms with E-state index >= 15 is 0 Å². The summed E-state index contributed by atoms with van der Waals surface area (Å²) in [5.41, 5.74) is 3.56. The molecule has 0 aliphatic heterocycles. The quantitative estimate of drug-likeness (QED) is 0.667. The zero-order valence-corrected chi connectivity index (χ0v) is 15.2. The van der Waals surface area contributed by atoms with Gasteiger partial charge in [-0.15, -0.1) is 6.42 Å². The second kappa shape index (κ2) is 7.75. The van der Waals surface area contributed by atoms with Crippen molar-refractivity contribution in [2.75, 3.05) is 18.5 Å². The molecule has 1 aromatic heterocycles. The maximum atomic E-state index is 5.72. The van der Waals surface area contributed by atoms with E-state index < -0.39 is 0 Å². The van der Waals surface area contributed by atoms with Gasteiger partial charge in [0.15, 0.2) is 11.5 Å². The molecule has 0 atom stereocenters. The molecule has 0 amide bonds. The molecule has 0 saturated carbocycles. The molecule has 0 saturated heterocycles. The summed E-state index contributed by atoms with van der Waals surface area (Å²) >= 11 is 0. The fourth-order valence-corrected chi connectivity index (χ4v) is 2.69. The third-order valence-electron chi connectivity index (χ3n) is 3.96. The van der Waals surface area contributed by atoms with Crippen molar-refractivity contribution in [2.45, 2.75) is 20.8 Å². The molecule has 26 heavy (non-hydrogen) atoms. The lowest BCUT2D eigenvalue weighted by Crippen LogP contribution is -2.01. The highest BCUT2D eigenvalue weighted by molar-refractivity contribution is 5.93. The van der Waals surface area contributed by atoms with Crippen molar-refractivity contribution in [1.82, 2.24) is 9.97 Å². The van der Waals surface area contributed by atoms with E-state index in [2.05, 4.69) is 21.2 Å². The van der Waals surface area contributed by atoms with Crippen LogP contribution in [-0.2, 0) is 0 Å². The third-order valence-corrected chi connectivity index (χ3v) is 3.96. The Morgan fingerprint density at radius 2 is 1.77 bits per heavy atom. The number of nitrogens with one attached hydrogen (secondary N) is 1. The second-order valence-corrected chi connectivity index (χ2v) is 5.70. The Labute approximate surface area is 153 Å². The van der Waals surface area contributed by atoms with Crippen molar-refractivity contribution in [1.29, 1.82) is 0 Å². The first kappa shape index (κ1) is 17.6. The molecular formula is C21H21N3O2. The average Bonchev–Trinajstić information content (AvgIpc) is 2.64. The molecule has 0 fully saturated rings. The molecule has 0 unspecified atom stereocenters. The Hall–Kier alpha value is -3.26. The fourth-order valence-electron chi connectivity index (χ4n) is 2.69. The summed E-state index contributed by atoms with van der Waals surface area (Å²) in [5.74, 6) is 4.73. The smallest absolute Gasteiger partial charge is 0.163 e. The van der Waals surface area contributed by atoms with Crippen LogP contribution in [0.3, 0.4) is 0 Å². The highest BCUT2D eigenvalue weighted by Gasteiger charge is 2.12. The molecule has 132 valence electrons. The molecule has 0 spiro atoms. The number of anilines is 2. The van der Waals surface area contributed by atoms with Gasteiger partial charge in [0.1, 0.15) is 12.1 Å². The molecule has 0 radical (unpaired) electrons. The van der Waals surface area contributed by atoms with Gasteiger partial charge in [-0.3, -0.25) is 0 Å². The number of aromatic nitrogens is 2. The maximum absolute atomic E-state index is 5.72. The lowest BCUT2D eigenvalue weighted by Gasteiger charge is -2.14. The minimum absolute atomic E-state index is 0.547. The van der Waals surface area contributed by atoms with Gasteiger partial charge in [0.25, 0.3) is 0 Å². The molecule has 2 aromatic carbocycles. The standard InChI is InChI=1S/C21H21N3O2/c1-5-15-10-16(9-8-14(15)4)24-21-17-11-19(25-6-2)20(26-7-3)12-18(17)22-13-23-21/h1,8-13H,6-7H2,2-4H3,(H,22,23,24). The fraction of sp³-hybridized carbons (Fsp3) is 0.238. The summed E-state index contributed by atoms with van der Waals surface area (Å²) in [6, 6.07) is 9.67. The van der Waals surface area contributed by atoms with Crippen LogP contribution < -0.4 is 14.8 Å². The van der Waals surface area contributed by atoms with E-state index in [-0.39, 0.29) is 0 Å². The van der Waals surface area contributed by atoms with Gasteiger partial charge in [-0.05, 0) is 44.5 Å². The molecule has 5 heteroatoms. The van der Waals surface area contributed by atoms with E-state index in [1.54, 1.807) is 0 Å². The van der Waals surface area contributed by atoms with Crippen molar-refractivity contribution in [3.05, 3.63) is 47.8 Å². The van der Waals surface area contributed by atoms with Crippen LogP contribution in [0.1, 0.15) is 25.0 Å². The van der Waals surface area contributed by atoms with Gasteiger partial charge in [0, 0.05) is 22.7 Å². The highest BCUT2D eigenvalue weighted by atomic mass is 16.5. The molecule has 1 N–H and O–H groups in total. The molecule has 0 bridgehead atoms. The molecule has 3 aromatic rings. The summed E-state index contributed by atoms with van der Waals surface area (Å²) in [5, 5.41) is 4.18. The Balaban J connectivity index is 2.06. The Bertz CT molecular complexity index is 977. The summed E-state index contributed by atoms with van der Waals surface area (Å²) in [4.78, 5) is 8.74. The van der Waals surface area contributed by atoms with E-state index in [1.165, 1.54) is 6.33 Å². The first-order chi connectivity index (χ1) is 12.7. The largest absolute Gasteiger partial charge is 0.490 e. The Kier molecular flexibility index (Phi) is 5.23. The lowest BCUT2D eigenvalue weighted by molar-refractivity contribution is 0.288. The van der Waals surface area contributed by atoms with Gasteiger partial charge in [-0.2, -0.15) is 0 Å². The first-order valence-electron chi connectivity index (χ1n) is 8.54. The van der Waals surface area contributed by atoms with Crippen LogP contribution in [0.4, 0.5) is 11.5 Å². The first-order valence-corrected chi connectivity index (χ1v) is 8.54. The van der Waals surface area contributed by atoms with Gasteiger partial charge in [0.05, 0.1) is 18.7 Å². The minimum atomic E-state index is 0.547. The van der Waals surface area contributed by atoms with Crippen LogP contribution in [0.25, 0.3) is 10.9 Å².